The van der Waals surface area contributed by atoms with E-state index in [2.05, 4.69) is 29.0 Å². The molecule has 0 aliphatic carbocycles. The van der Waals surface area contributed by atoms with E-state index >= 15 is 0 Å². The van der Waals surface area contributed by atoms with Gasteiger partial charge >= 0.3 is 0 Å². The van der Waals surface area contributed by atoms with Gasteiger partial charge < -0.3 is 0 Å². The normalized spacial score (nSPS) is 10.6. The van der Waals surface area contributed by atoms with Gasteiger partial charge in [-0.15, -0.1) is 0 Å². The lowest BCUT2D eigenvalue weighted by molar-refractivity contribution is 1.21. The van der Waals surface area contributed by atoms with Crippen molar-refractivity contribution in [3.63, 3.8) is 0 Å². The number of benzene rings is 2. The fraction of sp³-hybridized carbons (Fsp3) is 0.0625. The van der Waals surface area contributed by atoms with Gasteiger partial charge in [-0.2, -0.15) is 0 Å². The van der Waals surface area contributed by atoms with Gasteiger partial charge in [0.15, 0.2) is 0 Å². The number of hydrogen-bond donors (Lipinski definition) is 0. The second-order valence-electron chi connectivity index (χ2n) is 4.43. The molecule has 0 radical (unpaired) electrons. The molecule has 1 heterocycles. The predicted molar refractivity (Wildman–Crippen MR) is 81.5 cm³/mol. The first kappa shape index (κ1) is 11.9. The molecule has 3 rings (SSSR count). The summed E-state index contributed by atoms with van der Waals surface area (Å²) in [6.45, 7) is 2.06. The summed E-state index contributed by atoms with van der Waals surface area (Å²) in [6.07, 6.45) is 1.57. The number of aromatic nitrogens is 2. The number of aryl methyl sites for hydroxylation is 1. The molecule has 3 heteroatoms. The minimum atomic E-state index is 0.763. The molecule has 0 bridgehead atoms. The first-order valence-electron chi connectivity index (χ1n) is 6.07. The number of nitrogens with zero attached hydrogens (tertiary/aromatic N) is 2. The van der Waals surface area contributed by atoms with Crippen LogP contribution in [0.4, 0.5) is 0 Å². The first-order chi connectivity index (χ1) is 9.25. The molecule has 0 amide bonds. The standard InChI is InChI=1S/C16H12N2S/c1-11-6-8-12(9-7-11)16(19)15-13-4-2-3-5-14(13)17-10-18-15/h2-10H,1H3. The van der Waals surface area contributed by atoms with E-state index in [0.717, 1.165) is 27.0 Å². The van der Waals surface area contributed by atoms with Crippen molar-refractivity contribution < 1.29 is 0 Å². The first-order valence-corrected chi connectivity index (χ1v) is 6.47. The highest BCUT2D eigenvalue weighted by Gasteiger charge is 2.10. The second-order valence-corrected chi connectivity index (χ2v) is 4.84. The molecule has 1 aromatic heterocycles. The molecule has 0 saturated heterocycles. The van der Waals surface area contributed by atoms with Gasteiger partial charge in [0.25, 0.3) is 0 Å². The van der Waals surface area contributed by atoms with Crippen molar-refractivity contribution in [1.29, 1.82) is 0 Å². The van der Waals surface area contributed by atoms with Crippen molar-refractivity contribution in [3.05, 3.63) is 71.7 Å². The molecule has 0 fully saturated rings. The Morgan fingerprint density at radius 3 is 2.47 bits per heavy atom. The lowest BCUT2D eigenvalue weighted by Crippen LogP contribution is -2.04. The van der Waals surface area contributed by atoms with Crippen molar-refractivity contribution >= 4 is 28.0 Å². The minimum Gasteiger partial charge on any atom is -0.236 e. The Labute approximate surface area is 117 Å². The van der Waals surface area contributed by atoms with E-state index in [-0.39, 0.29) is 0 Å². The largest absolute Gasteiger partial charge is 0.236 e. The maximum Gasteiger partial charge on any atom is 0.116 e. The molecule has 0 aliphatic rings. The summed E-state index contributed by atoms with van der Waals surface area (Å²) in [5, 5.41) is 0.996. The molecule has 0 N–H and O–H groups in total. The van der Waals surface area contributed by atoms with E-state index in [1.54, 1.807) is 6.33 Å². The molecule has 3 aromatic rings. The molecular weight excluding hydrogens is 252 g/mol. The Kier molecular flexibility index (Phi) is 3.05. The summed E-state index contributed by atoms with van der Waals surface area (Å²) in [4.78, 5) is 9.38. The smallest absolute Gasteiger partial charge is 0.116 e. The maximum absolute atomic E-state index is 5.57. The van der Waals surface area contributed by atoms with Crippen LogP contribution in [0.2, 0.25) is 0 Å². The summed E-state index contributed by atoms with van der Waals surface area (Å²) in [5.74, 6) is 0. The average molecular weight is 264 g/mol. The van der Waals surface area contributed by atoms with E-state index in [9.17, 15) is 0 Å². The van der Waals surface area contributed by atoms with Crippen molar-refractivity contribution in [2.75, 3.05) is 0 Å². The van der Waals surface area contributed by atoms with Crippen LogP contribution in [0.3, 0.4) is 0 Å². The Morgan fingerprint density at radius 2 is 1.68 bits per heavy atom. The van der Waals surface area contributed by atoms with Crippen LogP contribution < -0.4 is 0 Å². The number of fused-ring (bicyclic) bond motifs is 1. The van der Waals surface area contributed by atoms with Gasteiger partial charge in [-0.1, -0.05) is 60.2 Å². The SMILES string of the molecule is Cc1ccc(C(=S)c2ncnc3ccccc23)cc1. The zero-order valence-electron chi connectivity index (χ0n) is 10.5. The average Bonchev–Trinajstić information content (AvgIpc) is 2.47. The Bertz CT molecular complexity index is 743. The topological polar surface area (TPSA) is 25.8 Å². The quantitative estimate of drug-likeness (QED) is 0.521. The van der Waals surface area contributed by atoms with Crippen molar-refractivity contribution in [2.24, 2.45) is 0 Å². The molecule has 2 nitrogen and oxygen atoms in total. The van der Waals surface area contributed by atoms with Crippen LogP contribution >= 0.6 is 12.2 Å². The monoisotopic (exact) mass is 264 g/mol. The van der Waals surface area contributed by atoms with Gasteiger partial charge in [0.05, 0.1) is 16.1 Å². The van der Waals surface area contributed by atoms with Crippen LogP contribution in [-0.2, 0) is 0 Å². The van der Waals surface area contributed by atoms with Gasteiger partial charge in [-0.25, -0.2) is 9.97 Å². The molecule has 0 atom stereocenters. The van der Waals surface area contributed by atoms with Gasteiger partial charge in [0, 0.05) is 5.39 Å². The molecular formula is C16H12N2S. The molecule has 92 valence electrons. The number of thiocarbonyl (C=S) groups is 1. The third-order valence-corrected chi connectivity index (χ3v) is 3.50. The van der Waals surface area contributed by atoms with Crippen LogP contribution in [0, 0.1) is 6.92 Å². The van der Waals surface area contributed by atoms with Crippen molar-refractivity contribution in [3.8, 4) is 0 Å². The summed E-state index contributed by atoms with van der Waals surface area (Å²) in [7, 11) is 0. The molecule has 0 unspecified atom stereocenters. The minimum absolute atomic E-state index is 0.763. The third-order valence-electron chi connectivity index (χ3n) is 3.07. The second kappa shape index (κ2) is 4.86. The number of hydrogen-bond acceptors (Lipinski definition) is 3. The number of rotatable bonds is 2. The van der Waals surface area contributed by atoms with Crippen LogP contribution in [0.15, 0.2) is 54.9 Å². The maximum atomic E-state index is 5.57. The fourth-order valence-electron chi connectivity index (χ4n) is 2.03. The van der Waals surface area contributed by atoms with Crippen molar-refractivity contribution in [2.45, 2.75) is 6.92 Å². The van der Waals surface area contributed by atoms with E-state index in [1.165, 1.54) is 5.56 Å². The zero-order valence-corrected chi connectivity index (χ0v) is 11.3. The third kappa shape index (κ3) is 2.25. The molecule has 2 aromatic carbocycles. The van der Waals surface area contributed by atoms with Crippen LogP contribution in [0.25, 0.3) is 10.9 Å². The fourth-order valence-corrected chi connectivity index (χ4v) is 2.33. The van der Waals surface area contributed by atoms with E-state index in [1.807, 2.05) is 36.4 Å². The summed E-state index contributed by atoms with van der Waals surface area (Å²) in [6, 6.07) is 16.1. The highest BCUT2D eigenvalue weighted by molar-refractivity contribution is 7.81. The molecule has 0 aliphatic heterocycles. The van der Waals surface area contributed by atoms with Gasteiger partial charge in [-0.05, 0) is 18.6 Å². The molecule has 0 saturated carbocycles. The molecule has 0 spiro atoms. The Morgan fingerprint density at radius 1 is 0.947 bits per heavy atom. The predicted octanol–water partition coefficient (Wildman–Crippen LogP) is 3.70. The Balaban J connectivity index is 2.14. The summed E-state index contributed by atoms with van der Waals surface area (Å²) in [5.41, 5.74) is 3.98. The van der Waals surface area contributed by atoms with E-state index < -0.39 is 0 Å². The van der Waals surface area contributed by atoms with Crippen LogP contribution in [0.5, 0.6) is 0 Å². The van der Waals surface area contributed by atoms with Crippen LogP contribution in [-0.4, -0.2) is 14.8 Å². The lowest BCUT2D eigenvalue weighted by Gasteiger charge is -2.07. The van der Waals surface area contributed by atoms with Gasteiger partial charge in [0.2, 0.25) is 0 Å². The lowest BCUT2D eigenvalue weighted by atomic mass is 10.0. The van der Waals surface area contributed by atoms with Crippen molar-refractivity contribution in [1.82, 2.24) is 9.97 Å². The van der Waals surface area contributed by atoms with Crippen LogP contribution in [0.1, 0.15) is 16.8 Å². The van der Waals surface area contributed by atoms with Gasteiger partial charge in [0.1, 0.15) is 6.33 Å². The number of para-hydroxylation sites is 1. The zero-order chi connectivity index (χ0) is 13.2. The highest BCUT2D eigenvalue weighted by atomic mass is 32.1. The van der Waals surface area contributed by atoms with Gasteiger partial charge in [-0.3, -0.25) is 0 Å². The van der Waals surface area contributed by atoms with E-state index in [0.29, 0.717) is 0 Å². The highest BCUT2D eigenvalue weighted by Crippen LogP contribution is 2.18. The Hall–Kier alpha value is -2.13. The molecule has 19 heavy (non-hydrogen) atoms. The van der Waals surface area contributed by atoms with E-state index in [4.69, 9.17) is 12.2 Å². The summed E-state index contributed by atoms with van der Waals surface area (Å²) < 4.78 is 0. The summed E-state index contributed by atoms with van der Waals surface area (Å²) >= 11 is 5.57.